The summed E-state index contributed by atoms with van der Waals surface area (Å²) in [5.41, 5.74) is 1.98. The fraction of sp³-hybridized carbons (Fsp3) is 0.278. The van der Waals surface area contributed by atoms with Crippen molar-refractivity contribution in [1.29, 1.82) is 0 Å². The van der Waals surface area contributed by atoms with Crippen LogP contribution in [-0.4, -0.2) is 30.1 Å². The van der Waals surface area contributed by atoms with Gasteiger partial charge in [0.15, 0.2) is 6.10 Å². The monoisotopic (exact) mass is 362 g/mol. The van der Waals surface area contributed by atoms with E-state index in [-0.39, 0.29) is 10.7 Å². The van der Waals surface area contributed by atoms with Gasteiger partial charge < -0.3 is 14.8 Å². The number of amides is 1. The molecule has 0 fully saturated rings. The molecule has 1 aromatic carbocycles. The Morgan fingerprint density at radius 2 is 1.92 bits per heavy atom. The Balaban J connectivity index is 2.10. The molecule has 0 aliphatic heterocycles. The number of nitrogens with one attached hydrogen (secondary N) is 1. The van der Waals surface area contributed by atoms with Crippen molar-refractivity contribution in [3.63, 3.8) is 0 Å². The highest BCUT2D eigenvalue weighted by Crippen LogP contribution is 2.24. The number of ether oxygens (including phenoxy) is 2. The van der Waals surface area contributed by atoms with E-state index in [1.165, 1.54) is 14.0 Å². The second kappa shape index (κ2) is 7.98. The first-order chi connectivity index (χ1) is 11.8. The second-order valence-electron chi connectivity index (χ2n) is 5.48. The molecule has 0 aliphatic carbocycles. The molecule has 0 bridgehead atoms. The first kappa shape index (κ1) is 18.7. The van der Waals surface area contributed by atoms with E-state index >= 15 is 0 Å². The minimum Gasteiger partial charge on any atom is -0.495 e. The molecule has 0 saturated carbocycles. The number of benzene rings is 1. The van der Waals surface area contributed by atoms with Gasteiger partial charge in [-0.15, -0.1) is 0 Å². The van der Waals surface area contributed by atoms with Crippen molar-refractivity contribution in [2.45, 2.75) is 26.9 Å². The highest BCUT2D eigenvalue weighted by molar-refractivity contribution is 6.32. The van der Waals surface area contributed by atoms with Gasteiger partial charge >= 0.3 is 5.97 Å². The van der Waals surface area contributed by atoms with E-state index in [1.54, 1.807) is 44.2 Å². The van der Waals surface area contributed by atoms with Crippen LogP contribution in [0.15, 0.2) is 30.3 Å². The van der Waals surface area contributed by atoms with Crippen molar-refractivity contribution < 1.29 is 19.1 Å². The van der Waals surface area contributed by atoms with Gasteiger partial charge in [0.05, 0.1) is 18.4 Å². The summed E-state index contributed by atoms with van der Waals surface area (Å²) >= 11 is 6.03. The third-order valence-corrected chi connectivity index (χ3v) is 3.80. The smallest absolute Gasteiger partial charge is 0.342 e. The molecule has 1 heterocycles. The van der Waals surface area contributed by atoms with Crippen molar-refractivity contribution in [3.8, 4) is 5.75 Å². The van der Waals surface area contributed by atoms with Crippen molar-refractivity contribution in [1.82, 2.24) is 4.98 Å². The SMILES string of the molecule is COc1ccccc1NC(=O)[C@H](C)OC(=O)c1c(C)cc(C)nc1Cl. The minimum atomic E-state index is -1.02. The minimum absolute atomic E-state index is 0.0554. The summed E-state index contributed by atoms with van der Waals surface area (Å²) in [5, 5.41) is 2.72. The van der Waals surface area contributed by atoms with Gasteiger partial charge in [-0.25, -0.2) is 9.78 Å². The second-order valence-corrected chi connectivity index (χ2v) is 5.84. The largest absolute Gasteiger partial charge is 0.495 e. The number of para-hydroxylation sites is 2. The molecule has 7 heteroatoms. The molecular weight excluding hydrogens is 344 g/mol. The Kier molecular flexibility index (Phi) is 5.98. The van der Waals surface area contributed by atoms with Gasteiger partial charge in [0, 0.05) is 5.69 Å². The lowest BCUT2D eigenvalue weighted by atomic mass is 10.1. The number of halogens is 1. The number of carbonyl (C=O) groups is 2. The van der Waals surface area contributed by atoms with Gasteiger partial charge in [0.1, 0.15) is 10.9 Å². The Labute approximate surface area is 151 Å². The van der Waals surface area contributed by atoms with Crippen LogP contribution in [0.4, 0.5) is 5.69 Å². The van der Waals surface area contributed by atoms with Crippen LogP contribution < -0.4 is 10.1 Å². The van der Waals surface area contributed by atoms with Gasteiger partial charge in [0.25, 0.3) is 5.91 Å². The van der Waals surface area contributed by atoms with Crippen molar-refractivity contribution in [2.75, 3.05) is 12.4 Å². The first-order valence-electron chi connectivity index (χ1n) is 7.62. The van der Waals surface area contributed by atoms with Crippen molar-refractivity contribution in [3.05, 3.63) is 52.3 Å². The summed E-state index contributed by atoms with van der Waals surface area (Å²) in [4.78, 5) is 28.7. The van der Waals surface area contributed by atoms with Gasteiger partial charge in [-0.05, 0) is 44.5 Å². The van der Waals surface area contributed by atoms with E-state index in [0.717, 1.165) is 0 Å². The molecule has 0 aliphatic rings. The molecule has 1 N–H and O–H groups in total. The quantitative estimate of drug-likeness (QED) is 0.650. The molecule has 2 rings (SSSR count). The standard InChI is InChI=1S/C18H19ClN2O4/c1-10-9-11(2)20-16(19)15(10)18(23)25-12(3)17(22)21-13-7-5-6-8-14(13)24-4/h5-9,12H,1-4H3,(H,21,22)/t12-/m0/s1. The highest BCUT2D eigenvalue weighted by atomic mass is 35.5. The maximum atomic E-state index is 12.3. The normalized spacial score (nSPS) is 11.6. The maximum Gasteiger partial charge on any atom is 0.342 e. The summed E-state index contributed by atoms with van der Waals surface area (Å²) < 4.78 is 10.4. The lowest BCUT2D eigenvalue weighted by Gasteiger charge is -2.16. The molecule has 1 amide bonds. The van der Waals surface area contributed by atoms with Crippen LogP contribution in [0.3, 0.4) is 0 Å². The number of carbonyl (C=O) groups excluding carboxylic acids is 2. The molecule has 2 aromatic rings. The van der Waals surface area contributed by atoms with E-state index in [1.807, 2.05) is 0 Å². The third kappa shape index (κ3) is 4.48. The zero-order chi connectivity index (χ0) is 18.6. The van der Waals surface area contributed by atoms with Gasteiger partial charge in [-0.3, -0.25) is 4.79 Å². The molecule has 1 atom stereocenters. The Morgan fingerprint density at radius 1 is 1.24 bits per heavy atom. The van der Waals surface area contributed by atoms with Crippen LogP contribution in [0, 0.1) is 13.8 Å². The lowest BCUT2D eigenvalue weighted by Crippen LogP contribution is -2.30. The van der Waals surface area contributed by atoms with Crippen LogP contribution in [0.25, 0.3) is 0 Å². The zero-order valence-electron chi connectivity index (χ0n) is 14.4. The Bertz CT molecular complexity index is 784. The predicted molar refractivity (Wildman–Crippen MR) is 95.2 cm³/mol. The molecule has 0 unspecified atom stereocenters. The summed E-state index contributed by atoms with van der Waals surface area (Å²) in [7, 11) is 1.50. The van der Waals surface area contributed by atoms with Crippen LogP contribution in [0.2, 0.25) is 5.15 Å². The Hall–Kier alpha value is -2.60. The number of esters is 1. The summed E-state index contributed by atoms with van der Waals surface area (Å²) in [5.74, 6) is -0.666. The molecule has 1 aromatic heterocycles. The van der Waals surface area contributed by atoms with E-state index in [9.17, 15) is 9.59 Å². The molecule has 0 spiro atoms. The van der Waals surface area contributed by atoms with Crippen molar-refractivity contribution >= 4 is 29.2 Å². The summed E-state index contributed by atoms with van der Waals surface area (Å²) in [6, 6.07) is 8.68. The number of hydrogen-bond donors (Lipinski definition) is 1. The first-order valence-corrected chi connectivity index (χ1v) is 8.00. The van der Waals surface area contributed by atoms with Crippen LogP contribution in [0.5, 0.6) is 5.75 Å². The highest BCUT2D eigenvalue weighted by Gasteiger charge is 2.23. The van der Waals surface area contributed by atoms with E-state index in [2.05, 4.69) is 10.3 Å². The van der Waals surface area contributed by atoms with Gasteiger partial charge in [0.2, 0.25) is 0 Å². The van der Waals surface area contributed by atoms with E-state index in [0.29, 0.717) is 22.7 Å². The number of nitrogens with zero attached hydrogens (tertiary/aromatic N) is 1. The molecule has 6 nitrogen and oxygen atoms in total. The van der Waals surface area contributed by atoms with Crippen LogP contribution >= 0.6 is 11.6 Å². The van der Waals surface area contributed by atoms with Gasteiger partial charge in [-0.1, -0.05) is 23.7 Å². The molecule has 0 saturated heterocycles. The summed E-state index contributed by atoms with van der Waals surface area (Å²) in [6.07, 6.45) is -1.02. The number of hydrogen-bond acceptors (Lipinski definition) is 5. The maximum absolute atomic E-state index is 12.3. The number of rotatable bonds is 5. The fourth-order valence-electron chi connectivity index (χ4n) is 2.29. The van der Waals surface area contributed by atoms with Crippen LogP contribution in [0.1, 0.15) is 28.5 Å². The molecule has 0 radical (unpaired) electrons. The zero-order valence-corrected chi connectivity index (χ0v) is 15.2. The predicted octanol–water partition coefficient (Wildman–Crippen LogP) is 3.54. The number of methoxy groups -OCH3 is 1. The number of pyridine rings is 1. The molecular formula is C18H19ClN2O4. The Morgan fingerprint density at radius 3 is 2.56 bits per heavy atom. The fourth-order valence-corrected chi connectivity index (χ4v) is 2.65. The summed E-state index contributed by atoms with van der Waals surface area (Å²) in [6.45, 7) is 4.99. The number of anilines is 1. The van der Waals surface area contributed by atoms with Crippen molar-refractivity contribution in [2.24, 2.45) is 0 Å². The average molecular weight is 363 g/mol. The topological polar surface area (TPSA) is 77.5 Å². The lowest BCUT2D eigenvalue weighted by molar-refractivity contribution is -0.123. The molecule has 25 heavy (non-hydrogen) atoms. The number of aromatic nitrogens is 1. The van der Waals surface area contributed by atoms with E-state index < -0.39 is 18.0 Å². The average Bonchev–Trinajstić information content (AvgIpc) is 2.54. The van der Waals surface area contributed by atoms with E-state index in [4.69, 9.17) is 21.1 Å². The molecule has 132 valence electrons. The number of aryl methyl sites for hydroxylation is 2. The van der Waals surface area contributed by atoms with Crippen LogP contribution in [-0.2, 0) is 9.53 Å². The third-order valence-electron chi connectivity index (χ3n) is 3.52. The van der Waals surface area contributed by atoms with Gasteiger partial charge in [-0.2, -0.15) is 0 Å².